The van der Waals surface area contributed by atoms with Gasteiger partial charge in [0.15, 0.2) is 0 Å². The molecule has 0 radical (unpaired) electrons. The van der Waals surface area contributed by atoms with Crippen LogP contribution in [-0.4, -0.2) is 53.8 Å². The first-order chi connectivity index (χ1) is 13.1. The maximum atomic E-state index is 5.60. The number of ether oxygens (including phenoxy) is 1. The van der Waals surface area contributed by atoms with Crippen molar-refractivity contribution in [2.24, 2.45) is 0 Å². The number of nitrogens with zero attached hydrogens (tertiary/aromatic N) is 3. The molecule has 1 aliphatic rings. The molecule has 5 nitrogen and oxygen atoms in total. The van der Waals surface area contributed by atoms with E-state index in [9.17, 15) is 0 Å². The van der Waals surface area contributed by atoms with Crippen LogP contribution in [0.15, 0.2) is 18.2 Å². The Morgan fingerprint density at radius 1 is 1.22 bits per heavy atom. The highest BCUT2D eigenvalue weighted by Crippen LogP contribution is 2.24. The van der Waals surface area contributed by atoms with Crippen LogP contribution in [0, 0.1) is 13.8 Å². The van der Waals surface area contributed by atoms with Crippen LogP contribution in [0.25, 0.3) is 0 Å². The van der Waals surface area contributed by atoms with Crippen molar-refractivity contribution in [3.63, 3.8) is 0 Å². The van der Waals surface area contributed by atoms with Crippen LogP contribution in [0.1, 0.15) is 47.3 Å². The van der Waals surface area contributed by atoms with Gasteiger partial charge >= 0.3 is 0 Å². The summed E-state index contributed by atoms with van der Waals surface area (Å²) >= 11 is 0. The highest BCUT2D eigenvalue weighted by atomic mass is 16.5. The van der Waals surface area contributed by atoms with Gasteiger partial charge in [0.05, 0.1) is 12.8 Å². The Morgan fingerprint density at radius 3 is 2.67 bits per heavy atom. The van der Waals surface area contributed by atoms with Gasteiger partial charge < -0.3 is 9.64 Å². The third kappa shape index (κ3) is 5.33. The number of nitrogens with one attached hydrogen (secondary N) is 1. The SMILES string of the molecule is COc1ccc(CN(C)CCCc2c(C)n[nH]c2C)cc1CN1CCCC1. The molecule has 1 N–H and O–H groups in total. The third-order valence-electron chi connectivity index (χ3n) is 5.64. The summed E-state index contributed by atoms with van der Waals surface area (Å²) in [4.78, 5) is 4.94. The molecule has 27 heavy (non-hydrogen) atoms. The molecular weight excluding hydrogens is 336 g/mol. The summed E-state index contributed by atoms with van der Waals surface area (Å²) < 4.78 is 5.60. The molecule has 1 aliphatic heterocycles. The summed E-state index contributed by atoms with van der Waals surface area (Å²) in [6.07, 6.45) is 4.87. The normalized spacial score (nSPS) is 15.0. The molecule has 0 unspecified atom stereocenters. The molecule has 1 aromatic carbocycles. The zero-order valence-electron chi connectivity index (χ0n) is 17.3. The molecule has 1 saturated heterocycles. The second-order valence-electron chi connectivity index (χ2n) is 7.88. The lowest BCUT2D eigenvalue weighted by Gasteiger charge is -2.20. The van der Waals surface area contributed by atoms with Gasteiger partial charge in [-0.25, -0.2) is 0 Å². The minimum atomic E-state index is 0.973. The average Bonchev–Trinajstić information content (AvgIpc) is 3.27. The van der Waals surface area contributed by atoms with E-state index in [0.717, 1.165) is 43.9 Å². The topological polar surface area (TPSA) is 44.4 Å². The van der Waals surface area contributed by atoms with Crippen LogP contribution in [0.3, 0.4) is 0 Å². The number of rotatable bonds is 9. The van der Waals surface area contributed by atoms with Gasteiger partial charge in [0.1, 0.15) is 5.75 Å². The molecule has 0 saturated carbocycles. The number of benzene rings is 1. The Bertz CT molecular complexity index is 714. The Morgan fingerprint density at radius 2 is 2.00 bits per heavy atom. The molecule has 2 aromatic rings. The number of aromatic nitrogens is 2. The van der Waals surface area contributed by atoms with Crippen LogP contribution in [-0.2, 0) is 19.5 Å². The van der Waals surface area contributed by atoms with Crippen molar-refractivity contribution < 1.29 is 4.74 Å². The summed E-state index contributed by atoms with van der Waals surface area (Å²) in [7, 11) is 3.98. The van der Waals surface area contributed by atoms with Crippen molar-refractivity contribution in [1.82, 2.24) is 20.0 Å². The van der Waals surface area contributed by atoms with Crippen LogP contribution >= 0.6 is 0 Å². The van der Waals surface area contributed by atoms with Gasteiger partial charge in [0, 0.05) is 24.3 Å². The van der Waals surface area contributed by atoms with E-state index in [4.69, 9.17) is 4.74 Å². The highest BCUT2D eigenvalue weighted by Gasteiger charge is 2.15. The van der Waals surface area contributed by atoms with Crippen molar-refractivity contribution in [1.29, 1.82) is 0 Å². The molecule has 5 heteroatoms. The van der Waals surface area contributed by atoms with E-state index in [1.165, 1.54) is 48.3 Å². The number of H-pyrrole nitrogens is 1. The van der Waals surface area contributed by atoms with Crippen molar-refractivity contribution in [3.05, 3.63) is 46.3 Å². The minimum Gasteiger partial charge on any atom is -0.496 e. The van der Waals surface area contributed by atoms with Gasteiger partial charge in [-0.15, -0.1) is 0 Å². The number of aryl methyl sites for hydroxylation is 2. The Balaban J connectivity index is 1.54. The van der Waals surface area contributed by atoms with Crippen LogP contribution < -0.4 is 4.74 Å². The first kappa shape index (κ1) is 19.9. The zero-order chi connectivity index (χ0) is 19.2. The van der Waals surface area contributed by atoms with Crippen molar-refractivity contribution in [2.75, 3.05) is 33.8 Å². The summed E-state index contributed by atoms with van der Waals surface area (Å²) in [5.41, 5.74) is 6.40. The summed E-state index contributed by atoms with van der Waals surface area (Å²) in [5, 5.41) is 7.38. The predicted octanol–water partition coefficient (Wildman–Crippen LogP) is 3.70. The monoisotopic (exact) mass is 370 g/mol. The lowest BCUT2D eigenvalue weighted by Crippen LogP contribution is -2.21. The first-order valence-corrected chi connectivity index (χ1v) is 10.1. The van der Waals surface area contributed by atoms with E-state index < -0.39 is 0 Å². The molecule has 1 fully saturated rings. The van der Waals surface area contributed by atoms with Gasteiger partial charge in [-0.2, -0.15) is 5.10 Å². The van der Waals surface area contributed by atoms with Gasteiger partial charge in [0.2, 0.25) is 0 Å². The molecule has 0 atom stereocenters. The lowest BCUT2D eigenvalue weighted by atomic mass is 10.1. The molecule has 3 rings (SSSR count). The van der Waals surface area contributed by atoms with Crippen LogP contribution in [0.4, 0.5) is 0 Å². The molecular formula is C22H34N4O. The van der Waals surface area contributed by atoms with E-state index in [1.807, 2.05) is 0 Å². The van der Waals surface area contributed by atoms with Gasteiger partial charge in [-0.1, -0.05) is 6.07 Å². The van der Waals surface area contributed by atoms with Crippen molar-refractivity contribution in [2.45, 2.75) is 52.6 Å². The highest BCUT2D eigenvalue weighted by molar-refractivity contribution is 5.37. The lowest BCUT2D eigenvalue weighted by molar-refractivity contribution is 0.315. The Hall–Kier alpha value is -1.85. The summed E-state index contributed by atoms with van der Waals surface area (Å²) in [6.45, 7) is 9.66. The summed E-state index contributed by atoms with van der Waals surface area (Å²) in [5.74, 6) is 1.01. The molecule has 0 amide bonds. The molecule has 0 aliphatic carbocycles. The average molecular weight is 371 g/mol. The van der Waals surface area contributed by atoms with Gasteiger partial charge in [-0.3, -0.25) is 10.00 Å². The standard InChI is InChI=1S/C22H34N4O/c1-17-21(18(2)24-23-17)8-7-11-25(3)15-19-9-10-22(27-4)20(14-19)16-26-12-5-6-13-26/h9-10,14H,5-8,11-13,15-16H2,1-4H3,(H,23,24). The number of aromatic amines is 1. The molecule has 0 bridgehead atoms. The van der Waals surface area contributed by atoms with Crippen molar-refractivity contribution in [3.8, 4) is 5.75 Å². The number of likely N-dealkylation sites (tertiary alicyclic amines) is 1. The Kier molecular flexibility index (Phi) is 6.91. The fourth-order valence-electron chi connectivity index (χ4n) is 4.09. The number of hydrogen-bond acceptors (Lipinski definition) is 4. The molecule has 0 spiro atoms. The number of hydrogen-bond donors (Lipinski definition) is 1. The van der Waals surface area contributed by atoms with E-state index in [-0.39, 0.29) is 0 Å². The van der Waals surface area contributed by atoms with Gasteiger partial charge in [-0.05, 0) is 89.5 Å². The van der Waals surface area contributed by atoms with Crippen molar-refractivity contribution >= 4 is 0 Å². The van der Waals surface area contributed by atoms with E-state index >= 15 is 0 Å². The first-order valence-electron chi connectivity index (χ1n) is 10.1. The molecule has 2 heterocycles. The smallest absolute Gasteiger partial charge is 0.123 e. The largest absolute Gasteiger partial charge is 0.496 e. The summed E-state index contributed by atoms with van der Waals surface area (Å²) in [6, 6.07) is 6.66. The Labute approximate surface area is 163 Å². The maximum Gasteiger partial charge on any atom is 0.123 e. The van der Waals surface area contributed by atoms with Gasteiger partial charge in [0.25, 0.3) is 0 Å². The maximum absolute atomic E-state index is 5.60. The van der Waals surface area contributed by atoms with E-state index in [1.54, 1.807) is 7.11 Å². The molecule has 1 aromatic heterocycles. The second kappa shape index (κ2) is 9.38. The fraction of sp³-hybridized carbons (Fsp3) is 0.591. The fourth-order valence-corrected chi connectivity index (χ4v) is 4.09. The van der Waals surface area contributed by atoms with Crippen LogP contribution in [0.5, 0.6) is 5.75 Å². The minimum absolute atomic E-state index is 0.973. The van der Waals surface area contributed by atoms with E-state index in [2.05, 4.69) is 59.1 Å². The third-order valence-corrected chi connectivity index (χ3v) is 5.64. The number of methoxy groups -OCH3 is 1. The zero-order valence-corrected chi connectivity index (χ0v) is 17.3. The van der Waals surface area contributed by atoms with Crippen LogP contribution in [0.2, 0.25) is 0 Å². The quantitative estimate of drug-likeness (QED) is 0.731. The molecule has 148 valence electrons. The van der Waals surface area contributed by atoms with E-state index in [0.29, 0.717) is 0 Å². The second-order valence-corrected chi connectivity index (χ2v) is 7.88. The predicted molar refractivity (Wildman–Crippen MR) is 110 cm³/mol.